The lowest BCUT2D eigenvalue weighted by atomic mass is 10.2. The average molecular weight is 387 g/mol. The Hall–Kier alpha value is -2.56. The highest BCUT2D eigenvalue weighted by molar-refractivity contribution is 6.32. The van der Waals surface area contributed by atoms with Gasteiger partial charge in [-0.25, -0.2) is 4.98 Å². The van der Waals surface area contributed by atoms with Gasteiger partial charge in [0.1, 0.15) is 11.6 Å². The normalized spacial score (nSPS) is 10.4. The van der Waals surface area contributed by atoms with Crippen LogP contribution < -0.4 is 9.64 Å². The second-order valence-corrected chi connectivity index (χ2v) is 6.29. The predicted octanol–water partition coefficient (Wildman–Crippen LogP) is 5.00. The van der Waals surface area contributed by atoms with E-state index in [1.807, 2.05) is 24.3 Å². The smallest absolute Gasteiger partial charge is 0.266 e. The second kappa shape index (κ2) is 8.70. The maximum Gasteiger partial charge on any atom is 0.266 e. The Kier molecular flexibility index (Phi) is 6.10. The van der Waals surface area contributed by atoms with Gasteiger partial charge in [-0.15, -0.1) is 0 Å². The molecule has 0 radical (unpaired) electrons. The molecule has 3 aromatic rings. The third-order valence-electron chi connectivity index (χ3n) is 3.70. The summed E-state index contributed by atoms with van der Waals surface area (Å²) in [6, 6.07) is 19.8. The number of nitrogens with zero attached hydrogens (tertiary/aromatic N) is 2. The molecule has 0 bridgehead atoms. The largest absolute Gasteiger partial charge is 0.482 e. The zero-order chi connectivity index (χ0) is 18.4. The van der Waals surface area contributed by atoms with E-state index in [1.54, 1.807) is 48.7 Å². The number of anilines is 1. The van der Waals surface area contributed by atoms with E-state index in [1.165, 1.54) is 4.90 Å². The highest BCUT2D eigenvalue weighted by Crippen LogP contribution is 2.24. The van der Waals surface area contributed by atoms with Crippen LogP contribution in [-0.4, -0.2) is 17.5 Å². The first-order chi connectivity index (χ1) is 12.6. The first-order valence-corrected chi connectivity index (χ1v) is 8.73. The molecule has 0 aliphatic carbocycles. The van der Waals surface area contributed by atoms with E-state index in [9.17, 15) is 4.79 Å². The zero-order valence-electron chi connectivity index (χ0n) is 13.8. The Balaban J connectivity index is 1.80. The van der Waals surface area contributed by atoms with Gasteiger partial charge in [-0.1, -0.05) is 59.6 Å². The molecule has 1 aromatic heterocycles. The topological polar surface area (TPSA) is 42.4 Å². The summed E-state index contributed by atoms with van der Waals surface area (Å²) in [5, 5.41) is 1.05. The van der Waals surface area contributed by atoms with Crippen molar-refractivity contribution < 1.29 is 9.53 Å². The molecule has 0 aliphatic heterocycles. The number of ether oxygens (including phenoxy) is 1. The van der Waals surface area contributed by atoms with Crippen LogP contribution in [0.1, 0.15) is 5.56 Å². The monoisotopic (exact) mass is 386 g/mol. The van der Waals surface area contributed by atoms with Gasteiger partial charge in [0.15, 0.2) is 6.61 Å². The first-order valence-electron chi connectivity index (χ1n) is 7.97. The summed E-state index contributed by atoms with van der Waals surface area (Å²) in [6.45, 7) is 0.131. The lowest BCUT2D eigenvalue weighted by Crippen LogP contribution is -2.35. The molecular weight excluding hydrogens is 371 g/mol. The number of carbonyl (C=O) groups is 1. The number of hydrogen-bond acceptors (Lipinski definition) is 3. The Morgan fingerprint density at radius 1 is 0.923 bits per heavy atom. The summed E-state index contributed by atoms with van der Waals surface area (Å²) in [5.41, 5.74) is 0.825. The Morgan fingerprint density at radius 2 is 1.62 bits per heavy atom. The Labute approximate surface area is 162 Å². The molecule has 0 fully saturated rings. The van der Waals surface area contributed by atoms with E-state index in [0.717, 1.165) is 5.56 Å². The Morgan fingerprint density at radius 3 is 2.31 bits per heavy atom. The van der Waals surface area contributed by atoms with Gasteiger partial charge in [0, 0.05) is 11.2 Å². The van der Waals surface area contributed by atoms with Crippen LogP contribution in [0.5, 0.6) is 5.75 Å². The van der Waals surface area contributed by atoms with Crippen molar-refractivity contribution >= 4 is 34.9 Å². The molecule has 0 spiro atoms. The number of para-hydroxylation sites is 1. The summed E-state index contributed by atoms with van der Waals surface area (Å²) >= 11 is 12.3. The third-order valence-corrected chi connectivity index (χ3v) is 4.38. The molecule has 0 saturated carbocycles. The number of amides is 1. The van der Waals surface area contributed by atoms with Crippen LogP contribution in [0.15, 0.2) is 72.9 Å². The van der Waals surface area contributed by atoms with E-state index in [0.29, 0.717) is 28.2 Å². The molecule has 26 heavy (non-hydrogen) atoms. The predicted molar refractivity (Wildman–Crippen MR) is 104 cm³/mol. The van der Waals surface area contributed by atoms with Crippen LogP contribution in [0.2, 0.25) is 10.0 Å². The maximum atomic E-state index is 12.8. The van der Waals surface area contributed by atoms with Gasteiger partial charge in [-0.2, -0.15) is 0 Å². The van der Waals surface area contributed by atoms with E-state index in [-0.39, 0.29) is 12.5 Å². The molecular formula is C20H16Cl2N2O2. The van der Waals surface area contributed by atoms with Gasteiger partial charge in [-0.3, -0.25) is 9.69 Å². The fourth-order valence-electron chi connectivity index (χ4n) is 2.39. The van der Waals surface area contributed by atoms with Gasteiger partial charge in [0.05, 0.1) is 11.6 Å². The minimum absolute atomic E-state index is 0.162. The van der Waals surface area contributed by atoms with Crippen molar-refractivity contribution in [2.75, 3.05) is 11.5 Å². The number of benzene rings is 2. The van der Waals surface area contributed by atoms with Crippen molar-refractivity contribution in [1.29, 1.82) is 0 Å². The maximum absolute atomic E-state index is 12.8. The molecule has 0 N–H and O–H groups in total. The summed E-state index contributed by atoms with van der Waals surface area (Å²) < 4.78 is 5.59. The van der Waals surface area contributed by atoms with E-state index in [4.69, 9.17) is 27.9 Å². The van der Waals surface area contributed by atoms with Crippen molar-refractivity contribution in [2.24, 2.45) is 0 Å². The number of halogens is 2. The highest BCUT2D eigenvalue weighted by atomic mass is 35.5. The van der Waals surface area contributed by atoms with Crippen LogP contribution in [0.3, 0.4) is 0 Å². The molecule has 4 nitrogen and oxygen atoms in total. The van der Waals surface area contributed by atoms with Crippen LogP contribution in [0.25, 0.3) is 0 Å². The van der Waals surface area contributed by atoms with Crippen LogP contribution in [0, 0.1) is 0 Å². The minimum Gasteiger partial charge on any atom is -0.482 e. The lowest BCUT2D eigenvalue weighted by Gasteiger charge is -2.22. The van der Waals surface area contributed by atoms with Gasteiger partial charge >= 0.3 is 0 Å². The molecule has 0 unspecified atom stereocenters. The summed E-state index contributed by atoms with van der Waals surface area (Å²) in [4.78, 5) is 18.6. The lowest BCUT2D eigenvalue weighted by molar-refractivity contribution is -0.120. The third kappa shape index (κ3) is 4.54. The standard InChI is InChI=1S/C20H16Cl2N2O2/c21-16-8-2-1-7-15(16)13-24(19-11-5-6-12-23-19)20(25)14-26-18-10-4-3-9-17(18)22/h1-12H,13-14H2. The van der Waals surface area contributed by atoms with E-state index >= 15 is 0 Å². The van der Waals surface area contributed by atoms with E-state index < -0.39 is 0 Å². The van der Waals surface area contributed by atoms with E-state index in [2.05, 4.69) is 4.98 Å². The van der Waals surface area contributed by atoms with Crippen molar-refractivity contribution in [3.05, 3.63) is 88.5 Å². The van der Waals surface area contributed by atoms with Gasteiger partial charge in [-0.05, 0) is 35.9 Å². The number of pyridine rings is 1. The average Bonchev–Trinajstić information content (AvgIpc) is 2.67. The van der Waals surface area contributed by atoms with Gasteiger partial charge in [0.2, 0.25) is 0 Å². The second-order valence-electron chi connectivity index (χ2n) is 5.48. The molecule has 6 heteroatoms. The highest BCUT2D eigenvalue weighted by Gasteiger charge is 2.19. The number of carbonyl (C=O) groups excluding carboxylic acids is 1. The number of aromatic nitrogens is 1. The molecule has 132 valence electrons. The SMILES string of the molecule is O=C(COc1ccccc1Cl)N(Cc1ccccc1Cl)c1ccccn1. The van der Waals surface area contributed by atoms with Crippen molar-refractivity contribution in [3.8, 4) is 5.75 Å². The number of rotatable bonds is 6. The fraction of sp³-hybridized carbons (Fsp3) is 0.100. The fourth-order valence-corrected chi connectivity index (χ4v) is 2.77. The molecule has 1 amide bonds. The summed E-state index contributed by atoms with van der Waals surface area (Å²) in [7, 11) is 0. The molecule has 0 saturated heterocycles. The molecule has 0 atom stereocenters. The molecule has 0 aliphatic rings. The molecule has 2 aromatic carbocycles. The number of hydrogen-bond donors (Lipinski definition) is 0. The van der Waals surface area contributed by atoms with Crippen LogP contribution in [0.4, 0.5) is 5.82 Å². The Bertz CT molecular complexity index is 888. The zero-order valence-corrected chi connectivity index (χ0v) is 15.3. The van der Waals surface area contributed by atoms with Crippen molar-refractivity contribution in [2.45, 2.75) is 6.54 Å². The van der Waals surface area contributed by atoms with Crippen LogP contribution >= 0.6 is 23.2 Å². The van der Waals surface area contributed by atoms with Crippen molar-refractivity contribution in [1.82, 2.24) is 4.98 Å². The molecule has 3 rings (SSSR count). The van der Waals surface area contributed by atoms with Crippen molar-refractivity contribution in [3.63, 3.8) is 0 Å². The molecule has 1 heterocycles. The minimum atomic E-state index is -0.247. The van der Waals surface area contributed by atoms with Gasteiger partial charge in [0.25, 0.3) is 5.91 Å². The van der Waals surface area contributed by atoms with Crippen LogP contribution in [-0.2, 0) is 11.3 Å². The quantitative estimate of drug-likeness (QED) is 0.598. The first kappa shape index (κ1) is 18.2. The summed E-state index contributed by atoms with van der Waals surface area (Å²) in [6.07, 6.45) is 1.64. The summed E-state index contributed by atoms with van der Waals surface area (Å²) in [5.74, 6) is 0.741. The van der Waals surface area contributed by atoms with Gasteiger partial charge < -0.3 is 4.74 Å².